The van der Waals surface area contributed by atoms with Crippen molar-refractivity contribution in [3.63, 3.8) is 0 Å². The molecule has 0 saturated carbocycles. The van der Waals surface area contributed by atoms with Crippen LogP contribution in [0.5, 0.6) is 0 Å². The molecule has 0 atom stereocenters. The van der Waals surface area contributed by atoms with E-state index in [9.17, 15) is 10.2 Å². The van der Waals surface area contributed by atoms with Crippen molar-refractivity contribution < 1.29 is 10.2 Å². The van der Waals surface area contributed by atoms with Crippen LogP contribution in [0.3, 0.4) is 0 Å². The number of halogens is 4. The number of rotatable bonds is 17. The fraction of sp³-hybridized carbons (Fsp3) is 0.500. The van der Waals surface area contributed by atoms with Gasteiger partial charge in [0, 0.05) is 0 Å². The minimum atomic E-state index is -3.04. The van der Waals surface area contributed by atoms with E-state index in [0.717, 1.165) is 41.5 Å². The first-order valence-electron chi connectivity index (χ1n) is 14.3. The molecule has 216 valence electrons. The van der Waals surface area contributed by atoms with Crippen LogP contribution in [0.1, 0.15) is 70.4 Å². The molecule has 0 fully saturated rings. The number of aliphatic hydroxyl groups is 2. The first-order valence-corrected chi connectivity index (χ1v) is 23.3. The van der Waals surface area contributed by atoms with Gasteiger partial charge in [-0.05, 0) is 0 Å². The third-order valence-corrected chi connectivity index (χ3v) is 25.0. The Labute approximate surface area is 260 Å². The van der Waals surface area contributed by atoms with Crippen LogP contribution in [0.2, 0.25) is 33.4 Å². The van der Waals surface area contributed by atoms with Gasteiger partial charge in [-0.2, -0.15) is 0 Å². The summed E-state index contributed by atoms with van der Waals surface area (Å²) in [6.07, 6.45) is 10.4. The SMILES string of the molecule is CCC[CH2][Sn]([CH2]CCC)([CH2]CCC)[C](=C/CO)/C(Cc1ccc(Cl)c(Cl)c1)=C(/CO)Cc1ccc(Cl)c(Cl)c1. The molecule has 0 amide bonds. The number of hydrogen-bond acceptors (Lipinski definition) is 2. The van der Waals surface area contributed by atoms with Crippen molar-refractivity contribution in [2.75, 3.05) is 13.2 Å². The van der Waals surface area contributed by atoms with Gasteiger partial charge in [0.1, 0.15) is 0 Å². The molecule has 0 aliphatic carbocycles. The summed E-state index contributed by atoms with van der Waals surface area (Å²) in [6.45, 7) is 6.72. The Morgan fingerprint density at radius 3 is 1.54 bits per heavy atom. The fourth-order valence-electron chi connectivity index (χ4n) is 5.49. The number of unbranched alkanes of at least 4 members (excludes halogenated alkanes) is 3. The van der Waals surface area contributed by atoms with E-state index < -0.39 is 18.4 Å². The Bertz CT molecular complexity index is 1090. The first-order chi connectivity index (χ1) is 18.7. The van der Waals surface area contributed by atoms with Gasteiger partial charge >= 0.3 is 262 Å². The number of hydrogen-bond donors (Lipinski definition) is 2. The molecule has 2 aromatic carbocycles. The second-order valence-electron chi connectivity index (χ2n) is 10.5. The molecule has 0 heterocycles. The second-order valence-corrected chi connectivity index (χ2v) is 25.2. The van der Waals surface area contributed by atoms with E-state index in [1.165, 1.54) is 36.2 Å². The third kappa shape index (κ3) is 10.5. The van der Waals surface area contributed by atoms with E-state index >= 15 is 0 Å². The molecule has 2 aromatic rings. The Kier molecular flexibility index (Phi) is 16.5. The maximum atomic E-state index is 10.8. The van der Waals surface area contributed by atoms with Crippen molar-refractivity contribution in [2.45, 2.75) is 85.4 Å². The molecule has 7 heteroatoms. The van der Waals surface area contributed by atoms with E-state index in [4.69, 9.17) is 46.4 Å². The molecule has 0 saturated heterocycles. The first kappa shape index (κ1) is 35.0. The van der Waals surface area contributed by atoms with Gasteiger partial charge in [-0.25, -0.2) is 0 Å². The number of allylic oxidation sites excluding steroid dienone is 2. The number of aliphatic hydroxyl groups excluding tert-OH is 2. The molecule has 0 radical (unpaired) electrons. The summed E-state index contributed by atoms with van der Waals surface area (Å²) in [6, 6.07) is 11.4. The molecule has 0 unspecified atom stereocenters. The van der Waals surface area contributed by atoms with Crippen LogP contribution in [-0.2, 0) is 12.8 Å². The maximum absolute atomic E-state index is 10.8. The molecular weight excluding hydrogens is 677 g/mol. The summed E-state index contributed by atoms with van der Waals surface area (Å²) < 4.78 is 5.14. The molecular formula is C32H44Cl4O2Sn. The average Bonchev–Trinajstić information content (AvgIpc) is 2.93. The van der Waals surface area contributed by atoms with Crippen molar-refractivity contribution in [3.8, 4) is 0 Å². The van der Waals surface area contributed by atoms with Crippen molar-refractivity contribution >= 4 is 64.8 Å². The van der Waals surface area contributed by atoms with Gasteiger partial charge < -0.3 is 0 Å². The van der Waals surface area contributed by atoms with Crippen LogP contribution in [0.4, 0.5) is 0 Å². The quantitative estimate of drug-likeness (QED) is 0.126. The molecule has 2 N–H and O–H groups in total. The van der Waals surface area contributed by atoms with Gasteiger partial charge in [-0.1, -0.05) is 0 Å². The monoisotopic (exact) mass is 720 g/mol. The topological polar surface area (TPSA) is 40.5 Å². The predicted molar refractivity (Wildman–Crippen MR) is 175 cm³/mol. The second kappa shape index (κ2) is 18.4. The molecule has 0 spiro atoms. The summed E-state index contributed by atoms with van der Waals surface area (Å²) in [5, 5.41) is 23.3. The molecule has 2 rings (SSSR count). The van der Waals surface area contributed by atoms with E-state index in [1.807, 2.05) is 36.4 Å². The van der Waals surface area contributed by atoms with Crippen LogP contribution < -0.4 is 0 Å². The Balaban J connectivity index is 2.81. The van der Waals surface area contributed by atoms with Crippen LogP contribution in [-0.4, -0.2) is 41.8 Å². The van der Waals surface area contributed by atoms with Gasteiger partial charge in [-0.3, -0.25) is 0 Å². The summed E-state index contributed by atoms with van der Waals surface area (Å²) in [5.41, 5.74) is 4.17. The van der Waals surface area contributed by atoms with Crippen molar-refractivity contribution in [3.05, 3.63) is 88.4 Å². The fourth-order valence-corrected chi connectivity index (χ4v) is 23.5. The predicted octanol–water partition coefficient (Wildman–Crippen LogP) is 10.7. The van der Waals surface area contributed by atoms with Gasteiger partial charge in [0.15, 0.2) is 0 Å². The van der Waals surface area contributed by atoms with E-state index in [1.54, 1.807) is 0 Å². The summed E-state index contributed by atoms with van der Waals surface area (Å²) in [5.74, 6) is 0. The van der Waals surface area contributed by atoms with Gasteiger partial charge in [0.05, 0.1) is 0 Å². The molecule has 0 aliphatic rings. The summed E-state index contributed by atoms with van der Waals surface area (Å²) >= 11 is 22.2. The Morgan fingerprint density at radius 2 is 1.15 bits per heavy atom. The van der Waals surface area contributed by atoms with Crippen LogP contribution in [0, 0.1) is 0 Å². The molecule has 2 nitrogen and oxygen atoms in total. The van der Waals surface area contributed by atoms with Gasteiger partial charge in [0.25, 0.3) is 0 Å². The average molecular weight is 721 g/mol. The normalized spacial score (nSPS) is 13.1. The zero-order valence-electron chi connectivity index (χ0n) is 23.6. The zero-order chi connectivity index (χ0) is 28.8. The molecule has 0 bridgehead atoms. The van der Waals surface area contributed by atoms with Crippen LogP contribution in [0.25, 0.3) is 0 Å². The summed E-state index contributed by atoms with van der Waals surface area (Å²) in [4.78, 5) is 0. The summed E-state index contributed by atoms with van der Waals surface area (Å²) in [7, 11) is 0. The van der Waals surface area contributed by atoms with E-state index in [-0.39, 0.29) is 13.2 Å². The van der Waals surface area contributed by atoms with Gasteiger partial charge in [-0.15, -0.1) is 0 Å². The standard InChI is InChI=1S/C20H17Cl4O2.3C4H9.Sn/c21-17-5-3-13(10-19(17)23)8-15(2-1-7-25)16(12-26)9-14-4-6-18(22)20(24)11-14;3*1-3-4-2;/h1,3-6,10-11,25-26H,7-9,12H2;3*1,3-4H2,2H3;/b2-1?,16-15-;;;;. The van der Waals surface area contributed by atoms with Crippen molar-refractivity contribution in [2.24, 2.45) is 0 Å². The van der Waals surface area contributed by atoms with Crippen molar-refractivity contribution in [1.29, 1.82) is 0 Å². The molecule has 0 aliphatic heterocycles. The van der Waals surface area contributed by atoms with Crippen LogP contribution >= 0.6 is 46.4 Å². The Morgan fingerprint density at radius 1 is 0.692 bits per heavy atom. The van der Waals surface area contributed by atoms with E-state index in [2.05, 4.69) is 26.8 Å². The number of benzene rings is 2. The van der Waals surface area contributed by atoms with Crippen LogP contribution in [0.15, 0.2) is 57.2 Å². The molecule has 0 aromatic heterocycles. The van der Waals surface area contributed by atoms with Crippen molar-refractivity contribution in [1.82, 2.24) is 0 Å². The molecule has 39 heavy (non-hydrogen) atoms. The minimum absolute atomic E-state index is 0.00522. The van der Waals surface area contributed by atoms with Gasteiger partial charge in [0.2, 0.25) is 0 Å². The van der Waals surface area contributed by atoms with E-state index in [0.29, 0.717) is 32.9 Å². The third-order valence-electron chi connectivity index (χ3n) is 7.60. The zero-order valence-corrected chi connectivity index (χ0v) is 29.5. The Hall–Kier alpha value is -0.201.